The number of anilines is 1. The van der Waals surface area contributed by atoms with Gasteiger partial charge < -0.3 is 9.64 Å². The number of benzene rings is 1. The van der Waals surface area contributed by atoms with Crippen LogP contribution in [0.5, 0.6) is 0 Å². The van der Waals surface area contributed by atoms with Gasteiger partial charge in [-0.25, -0.2) is 18.5 Å². The molecule has 0 spiro atoms. The monoisotopic (exact) mass is 534 g/mol. The topological polar surface area (TPSA) is 74.7 Å². The summed E-state index contributed by atoms with van der Waals surface area (Å²) in [4.78, 5) is 21.7. The molecule has 0 N–H and O–H groups in total. The number of morpholine rings is 1. The molecule has 2 aliphatic heterocycles. The lowest BCUT2D eigenvalue weighted by atomic mass is 10.1. The number of nitrogens with zero attached hydrogens (tertiary/aromatic N) is 6. The van der Waals surface area contributed by atoms with E-state index in [0.717, 1.165) is 78.5 Å². The Morgan fingerprint density at radius 3 is 2.43 bits per heavy atom. The second-order valence-electron chi connectivity index (χ2n) is 9.36. The van der Waals surface area contributed by atoms with Crippen LogP contribution >= 0.6 is 11.3 Å². The molecule has 4 aromatic rings. The van der Waals surface area contributed by atoms with Gasteiger partial charge >= 0.3 is 0 Å². The maximum Gasteiger partial charge on any atom is 0.164 e. The first-order valence-corrected chi connectivity index (χ1v) is 14.9. The molecule has 0 saturated carbocycles. The van der Waals surface area contributed by atoms with Gasteiger partial charge in [0.2, 0.25) is 0 Å². The van der Waals surface area contributed by atoms with Gasteiger partial charge in [-0.1, -0.05) is 30.3 Å². The lowest BCUT2D eigenvalue weighted by Crippen LogP contribution is -2.46. The Bertz CT molecular complexity index is 1400. The highest BCUT2D eigenvalue weighted by molar-refractivity contribution is 7.81. The fourth-order valence-electron chi connectivity index (χ4n) is 4.90. The highest BCUT2D eigenvalue weighted by Crippen LogP contribution is 2.35. The maximum atomic E-state index is 11.8. The number of hydrogen-bond donors (Lipinski definition) is 0. The summed E-state index contributed by atoms with van der Waals surface area (Å²) in [6, 6.07) is 14.7. The zero-order valence-corrected chi connectivity index (χ0v) is 22.5. The SMILES string of the molecule is CS(=O)N1CCN(Cc2cc3c(N4CCOCC4)nc(-c4cncc(-c5ccccc5)c4)nc3s2)CC1. The second kappa shape index (κ2) is 10.9. The summed E-state index contributed by atoms with van der Waals surface area (Å²) in [7, 11) is -0.897. The molecular formula is C27H30N6O2S2. The van der Waals surface area contributed by atoms with Crippen LogP contribution in [-0.2, 0) is 22.3 Å². The van der Waals surface area contributed by atoms with E-state index in [1.54, 1.807) is 17.6 Å². The molecule has 1 aromatic carbocycles. The third-order valence-corrected chi connectivity index (χ3v) is 9.02. The van der Waals surface area contributed by atoms with Crippen LogP contribution in [0.3, 0.4) is 0 Å². The van der Waals surface area contributed by atoms with Gasteiger partial charge in [0.15, 0.2) is 5.82 Å². The van der Waals surface area contributed by atoms with E-state index in [-0.39, 0.29) is 0 Å². The Hall–Kier alpha value is -2.76. The van der Waals surface area contributed by atoms with Crippen molar-refractivity contribution in [3.05, 3.63) is 59.7 Å². The van der Waals surface area contributed by atoms with E-state index < -0.39 is 11.0 Å². The van der Waals surface area contributed by atoms with Crippen molar-refractivity contribution in [2.24, 2.45) is 0 Å². The van der Waals surface area contributed by atoms with Crippen molar-refractivity contribution in [1.29, 1.82) is 0 Å². The molecule has 0 amide bonds. The van der Waals surface area contributed by atoms with Gasteiger partial charge in [-0.05, 0) is 17.7 Å². The normalized spacial score (nSPS) is 18.4. The molecular weight excluding hydrogens is 504 g/mol. The fraction of sp³-hybridized carbons (Fsp3) is 0.370. The van der Waals surface area contributed by atoms with Crippen LogP contribution in [0, 0.1) is 0 Å². The summed E-state index contributed by atoms with van der Waals surface area (Å²) in [5.41, 5.74) is 3.09. The van der Waals surface area contributed by atoms with Gasteiger partial charge in [0.25, 0.3) is 0 Å². The second-order valence-corrected chi connectivity index (χ2v) is 11.8. The fourth-order valence-corrected chi connectivity index (χ4v) is 6.64. The number of pyridine rings is 1. The van der Waals surface area contributed by atoms with Crippen LogP contribution in [0.4, 0.5) is 5.82 Å². The summed E-state index contributed by atoms with van der Waals surface area (Å²) >= 11 is 1.74. The minimum absolute atomic E-state index is 0.700. The van der Waals surface area contributed by atoms with Crippen LogP contribution in [-0.4, -0.2) is 87.1 Å². The van der Waals surface area contributed by atoms with Crippen molar-refractivity contribution in [3.63, 3.8) is 0 Å². The Kier molecular flexibility index (Phi) is 7.25. The molecule has 2 saturated heterocycles. The standard InChI is InChI=1S/C27H30N6O2S2/c1-37(34)33-9-7-31(8-10-33)19-23-16-24-26(32-11-13-35-14-12-32)29-25(30-27(24)36-23)22-15-21(17-28-18-22)20-5-3-2-4-6-20/h2-6,15-18H,7-14,19H2,1H3. The van der Waals surface area contributed by atoms with Crippen LogP contribution < -0.4 is 4.90 Å². The van der Waals surface area contributed by atoms with E-state index in [1.165, 1.54) is 4.88 Å². The predicted octanol–water partition coefficient (Wildman–Crippen LogP) is 3.67. The molecule has 192 valence electrons. The lowest BCUT2D eigenvalue weighted by Gasteiger charge is -2.32. The van der Waals surface area contributed by atoms with Crippen molar-refractivity contribution >= 4 is 38.4 Å². The first-order chi connectivity index (χ1) is 18.1. The number of hydrogen-bond acceptors (Lipinski definition) is 8. The minimum atomic E-state index is -0.897. The third kappa shape index (κ3) is 5.44. The van der Waals surface area contributed by atoms with Crippen molar-refractivity contribution in [1.82, 2.24) is 24.2 Å². The van der Waals surface area contributed by atoms with Crippen LogP contribution in [0.1, 0.15) is 4.88 Å². The maximum absolute atomic E-state index is 11.8. The Labute approximate surface area is 223 Å². The number of ether oxygens (including phenoxy) is 1. The van der Waals surface area contributed by atoms with E-state index in [2.05, 4.69) is 39.0 Å². The summed E-state index contributed by atoms with van der Waals surface area (Å²) in [5, 5.41) is 1.10. The van der Waals surface area contributed by atoms with E-state index in [4.69, 9.17) is 14.7 Å². The average Bonchev–Trinajstić information content (AvgIpc) is 3.36. The van der Waals surface area contributed by atoms with E-state index in [0.29, 0.717) is 19.0 Å². The summed E-state index contributed by atoms with van der Waals surface area (Å²) in [6.45, 7) is 7.40. The predicted molar refractivity (Wildman–Crippen MR) is 150 cm³/mol. The zero-order chi connectivity index (χ0) is 25.2. The van der Waals surface area contributed by atoms with Crippen molar-refractivity contribution in [3.8, 4) is 22.5 Å². The summed E-state index contributed by atoms with van der Waals surface area (Å²) < 4.78 is 19.5. The molecule has 0 radical (unpaired) electrons. The summed E-state index contributed by atoms with van der Waals surface area (Å²) in [5.74, 6) is 1.67. The molecule has 37 heavy (non-hydrogen) atoms. The highest BCUT2D eigenvalue weighted by Gasteiger charge is 2.23. The molecule has 3 aromatic heterocycles. The van der Waals surface area contributed by atoms with Crippen molar-refractivity contribution < 1.29 is 8.95 Å². The van der Waals surface area contributed by atoms with Crippen molar-refractivity contribution in [2.75, 3.05) is 63.6 Å². The van der Waals surface area contributed by atoms with Gasteiger partial charge in [0.05, 0.1) is 29.6 Å². The number of aromatic nitrogens is 3. The smallest absolute Gasteiger partial charge is 0.164 e. The quantitative estimate of drug-likeness (QED) is 0.374. The Morgan fingerprint density at radius 1 is 0.919 bits per heavy atom. The first-order valence-electron chi connectivity index (χ1n) is 12.6. The van der Waals surface area contributed by atoms with Gasteiger partial charge in [-0.3, -0.25) is 9.88 Å². The Balaban J connectivity index is 1.34. The lowest BCUT2D eigenvalue weighted by molar-refractivity contribution is 0.122. The molecule has 10 heteroatoms. The largest absolute Gasteiger partial charge is 0.378 e. The molecule has 0 bridgehead atoms. The van der Waals surface area contributed by atoms with Crippen LogP contribution in [0.2, 0.25) is 0 Å². The molecule has 1 unspecified atom stereocenters. The number of rotatable bonds is 6. The van der Waals surface area contributed by atoms with E-state index in [9.17, 15) is 4.21 Å². The van der Waals surface area contributed by atoms with Gasteiger partial charge in [0.1, 0.15) is 10.6 Å². The number of thiophene rings is 1. The molecule has 0 aliphatic carbocycles. The average molecular weight is 535 g/mol. The minimum Gasteiger partial charge on any atom is -0.378 e. The highest BCUT2D eigenvalue weighted by atomic mass is 32.2. The molecule has 2 aliphatic rings. The third-order valence-electron chi connectivity index (χ3n) is 6.91. The van der Waals surface area contributed by atoms with Crippen LogP contribution in [0.25, 0.3) is 32.7 Å². The van der Waals surface area contributed by atoms with Gasteiger partial charge in [-0.2, -0.15) is 0 Å². The number of fused-ring (bicyclic) bond motifs is 1. The zero-order valence-electron chi connectivity index (χ0n) is 20.9. The van der Waals surface area contributed by atoms with Gasteiger partial charge in [0, 0.05) is 80.5 Å². The Morgan fingerprint density at radius 2 is 1.68 bits per heavy atom. The molecule has 6 rings (SSSR count). The molecule has 1 atom stereocenters. The molecule has 2 fully saturated rings. The van der Waals surface area contributed by atoms with Crippen LogP contribution in [0.15, 0.2) is 54.9 Å². The van der Waals surface area contributed by atoms with Crippen molar-refractivity contribution in [2.45, 2.75) is 6.54 Å². The van der Waals surface area contributed by atoms with Gasteiger partial charge in [-0.15, -0.1) is 11.3 Å². The van der Waals surface area contributed by atoms with E-state index in [1.807, 2.05) is 34.9 Å². The number of piperazine rings is 1. The first kappa shape index (κ1) is 24.6. The molecule has 5 heterocycles. The molecule has 8 nitrogen and oxygen atoms in total. The summed E-state index contributed by atoms with van der Waals surface area (Å²) in [6.07, 6.45) is 5.50. The van der Waals surface area contributed by atoms with E-state index >= 15 is 0 Å².